The number of benzene rings is 2. The third-order valence-corrected chi connectivity index (χ3v) is 9.09. The highest BCUT2D eigenvalue weighted by atomic mass is 16.3. The van der Waals surface area contributed by atoms with Gasteiger partial charge in [-0.25, -0.2) is 0 Å². The molecule has 0 spiro atoms. The number of aliphatic hydroxyl groups excluding tert-OH is 6. The van der Waals surface area contributed by atoms with Crippen molar-refractivity contribution in [1.82, 2.24) is 31.1 Å². The number of likely N-dealkylation sites (N-methyl/N-ethyl adjacent to an activating group) is 1. The van der Waals surface area contributed by atoms with Crippen LogP contribution in [0.3, 0.4) is 0 Å². The maximum absolute atomic E-state index is 13.1. The van der Waals surface area contributed by atoms with Crippen LogP contribution in [0.15, 0.2) is 36.4 Å². The van der Waals surface area contributed by atoms with Gasteiger partial charge in [0.2, 0.25) is 23.6 Å². The van der Waals surface area contributed by atoms with Gasteiger partial charge in [0, 0.05) is 24.5 Å². The van der Waals surface area contributed by atoms with Gasteiger partial charge in [0.15, 0.2) is 11.5 Å². The van der Waals surface area contributed by atoms with E-state index in [0.29, 0.717) is 12.1 Å². The fourth-order valence-electron chi connectivity index (χ4n) is 6.19. The van der Waals surface area contributed by atoms with E-state index in [1.54, 1.807) is 0 Å². The number of phenols is 3. The molecule has 0 saturated carbocycles. The van der Waals surface area contributed by atoms with E-state index in [1.165, 1.54) is 36.4 Å². The normalized spacial score (nSPS) is 18.5. The Labute approximate surface area is 316 Å². The molecule has 0 aromatic heterocycles. The number of nitrogens with zero attached hydrogens (tertiary/aromatic N) is 1. The van der Waals surface area contributed by atoms with Gasteiger partial charge in [-0.2, -0.15) is 0 Å². The zero-order chi connectivity index (χ0) is 41.2. The lowest BCUT2D eigenvalue weighted by molar-refractivity contribution is -0.136. The minimum Gasteiger partial charge on any atom is -0.507 e. The molecule has 0 aliphatic carbocycles. The zero-order valence-electron chi connectivity index (χ0n) is 30.5. The van der Waals surface area contributed by atoms with Gasteiger partial charge >= 0.3 is 0 Å². The molecule has 0 fully saturated rings. The number of nitrogens with one attached hydrogen (secondary N) is 5. The molecule has 8 atom stereocenters. The molecule has 5 amide bonds. The summed E-state index contributed by atoms with van der Waals surface area (Å²) in [6, 6.07) is 1.56. The van der Waals surface area contributed by atoms with Gasteiger partial charge in [-0.1, -0.05) is 12.1 Å². The number of aliphatic hydroxyl groups is 6. The van der Waals surface area contributed by atoms with Crippen LogP contribution in [-0.4, -0.2) is 164 Å². The Balaban J connectivity index is 1.55. The van der Waals surface area contributed by atoms with E-state index >= 15 is 0 Å². The van der Waals surface area contributed by atoms with Gasteiger partial charge in [-0.3, -0.25) is 28.5 Å². The van der Waals surface area contributed by atoms with Crippen molar-refractivity contribution in [2.45, 2.75) is 74.7 Å². The van der Waals surface area contributed by atoms with E-state index < -0.39 is 111 Å². The van der Waals surface area contributed by atoms with E-state index in [0.717, 1.165) is 12.6 Å². The first-order valence-electron chi connectivity index (χ1n) is 17.4. The maximum Gasteiger partial charge on any atom is 0.255 e. The number of quaternary nitrogens is 1. The quantitative estimate of drug-likeness (QED) is 0.0502. The number of phenolic OH excluding ortho intramolecular Hbond substituents is 3. The molecule has 55 heavy (non-hydrogen) atoms. The van der Waals surface area contributed by atoms with Crippen LogP contribution in [0, 0.1) is 0 Å². The van der Waals surface area contributed by atoms with Crippen molar-refractivity contribution in [3.8, 4) is 17.2 Å². The van der Waals surface area contributed by atoms with Crippen molar-refractivity contribution < 1.29 is 69.9 Å². The van der Waals surface area contributed by atoms with Gasteiger partial charge in [-0.15, -0.1) is 0 Å². The monoisotopic (exact) mass is 779 g/mol. The summed E-state index contributed by atoms with van der Waals surface area (Å²) in [5.41, 5.74) is 1.24. The van der Waals surface area contributed by atoms with E-state index in [-0.39, 0.29) is 33.7 Å². The van der Waals surface area contributed by atoms with Crippen molar-refractivity contribution >= 4 is 35.2 Å². The second-order valence-electron chi connectivity index (χ2n) is 14.0. The number of hydrogen-bond donors (Lipinski definition) is 14. The average molecular weight is 780 g/mol. The van der Waals surface area contributed by atoms with Crippen LogP contribution in [0.2, 0.25) is 0 Å². The van der Waals surface area contributed by atoms with Crippen molar-refractivity contribution in [1.29, 1.82) is 0 Å². The van der Waals surface area contributed by atoms with Gasteiger partial charge in [0.05, 0.1) is 76.3 Å². The summed E-state index contributed by atoms with van der Waals surface area (Å²) in [5, 5.41) is 102. The predicted octanol–water partition coefficient (Wildman–Crippen LogP) is -4.48. The minimum atomic E-state index is -1.72. The maximum atomic E-state index is 13.1. The summed E-state index contributed by atoms with van der Waals surface area (Å²) in [4.78, 5) is 64.4. The Morgan fingerprint density at radius 2 is 1.38 bits per heavy atom. The lowest BCUT2D eigenvalue weighted by atomic mass is 9.95. The van der Waals surface area contributed by atoms with E-state index in [4.69, 9.17) is 0 Å². The molecular weight excluding hydrogens is 728 g/mol. The summed E-state index contributed by atoms with van der Waals surface area (Å²) in [5.74, 6) is -5.81. The second kappa shape index (κ2) is 19.5. The molecule has 0 radical (unpaired) electrons. The average Bonchev–Trinajstić information content (AvgIpc) is 3.10. The van der Waals surface area contributed by atoms with Crippen LogP contribution in [0.4, 0.5) is 5.69 Å². The smallest absolute Gasteiger partial charge is 0.255 e. The second-order valence-corrected chi connectivity index (χ2v) is 14.0. The Kier molecular flexibility index (Phi) is 15.7. The molecule has 304 valence electrons. The van der Waals surface area contributed by atoms with Crippen LogP contribution in [0.1, 0.15) is 35.7 Å². The molecule has 0 bridgehead atoms. The molecule has 0 saturated heterocycles. The van der Waals surface area contributed by atoms with Crippen LogP contribution in [-0.2, 0) is 25.6 Å². The molecule has 14 N–H and O–H groups in total. The van der Waals surface area contributed by atoms with E-state index in [9.17, 15) is 69.9 Å². The first-order valence-corrected chi connectivity index (χ1v) is 17.4. The molecule has 1 heterocycles. The molecule has 3 rings (SSSR count). The topological polar surface area (TPSA) is 328 Å². The highest BCUT2D eigenvalue weighted by Crippen LogP contribution is 2.38. The highest BCUT2D eigenvalue weighted by Gasteiger charge is 2.37. The largest absolute Gasteiger partial charge is 0.507 e. The van der Waals surface area contributed by atoms with Crippen molar-refractivity contribution in [3.63, 3.8) is 0 Å². The number of para-hydroxylation sites is 1. The van der Waals surface area contributed by atoms with Crippen LogP contribution in [0.25, 0.3) is 0 Å². The summed E-state index contributed by atoms with van der Waals surface area (Å²) >= 11 is 0. The van der Waals surface area contributed by atoms with Gasteiger partial charge < -0.3 is 72.5 Å². The molecule has 20 heteroatoms. The lowest BCUT2D eigenvalue weighted by Gasteiger charge is -2.39. The number of fused-ring (bicyclic) bond motifs is 1. The third kappa shape index (κ3) is 11.9. The highest BCUT2D eigenvalue weighted by molar-refractivity contribution is 5.97. The first-order chi connectivity index (χ1) is 25.8. The Morgan fingerprint density at radius 3 is 1.98 bits per heavy atom. The Hall–Kier alpha value is -5.09. The first kappa shape index (κ1) is 44.3. The van der Waals surface area contributed by atoms with Crippen molar-refractivity contribution in [3.05, 3.63) is 47.5 Å². The molecule has 2 aromatic carbocycles. The molecule has 4 unspecified atom stereocenters. The van der Waals surface area contributed by atoms with Gasteiger partial charge in [0.1, 0.15) is 36.1 Å². The van der Waals surface area contributed by atoms with Crippen molar-refractivity contribution in [2.75, 3.05) is 40.5 Å². The van der Waals surface area contributed by atoms with Crippen LogP contribution in [0.5, 0.6) is 17.2 Å². The number of rotatable bonds is 18. The van der Waals surface area contributed by atoms with Gasteiger partial charge in [0.25, 0.3) is 5.91 Å². The number of carbonyl (C=O) groups is 5. The zero-order valence-corrected chi connectivity index (χ0v) is 30.5. The molecule has 2 aromatic rings. The Morgan fingerprint density at radius 1 is 0.782 bits per heavy atom. The van der Waals surface area contributed by atoms with E-state index in [2.05, 4.69) is 26.6 Å². The minimum absolute atomic E-state index is 0.132. The fourth-order valence-corrected chi connectivity index (χ4v) is 6.19. The Bertz CT molecular complexity index is 1690. The summed E-state index contributed by atoms with van der Waals surface area (Å²) in [6.45, 7) is -1.15. The fraction of sp³-hybridized carbons (Fsp3) is 0.514. The van der Waals surface area contributed by atoms with E-state index in [1.807, 2.05) is 14.1 Å². The van der Waals surface area contributed by atoms with Crippen molar-refractivity contribution in [2.24, 2.45) is 0 Å². The van der Waals surface area contributed by atoms with Gasteiger partial charge in [-0.05, 0) is 25.1 Å². The third-order valence-electron chi connectivity index (χ3n) is 9.09. The number of aromatic hydroxyl groups is 3. The lowest BCUT2D eigenvalue weighted by Crippen LogP contribution is -2.62. The summed E-state index contributed by atoms with van der Waals surface area (Å²) in [6.07, 6.45) is -5.70. The van der Waals surface area contributed by atoms with Crippen LogP contribution < -0.4 is 31.1 Å². The predicted molar refractivity (Wildman–Crippen MR) is 193 cm³/mol. The molecule has 20 nitrogen and oxygen atoms in total. The molecular formula is C35H51N6O14+. The standard InChI is InChI=1S/C35H50N6O14/c1-17(45)31(40-30(51)11-20(46)10-27(48)22(14-42)37-32(52)21-6-4-5-7-26(21)47)35(55)39-24(16-44)34(54)38-23(15-43)33(53)36-19-8-18-9-28(49)29(50)12-25(18)41(2,3)13-19/h4-7,9,12,17,19-20,22-24,27,31,42-46,48H,8,10-11,13-16H2,1-3H3,(H7-,36,37,38,39,40,47,49,50,51,52,53,54,55)/p+1/t17-,19?,20?,22?,23-,24+,27?,31-/m0/s1. The summed E-state index contributed by atoms with van der Waals surface area (Å²) in [7, 11) is 3.64. The molecule has 1 aliphatic rings. The SMILES string of the molecule is C[C@H](O)[C@H](NC(=O)CC(O)CC(O)C(CO)NC(=O)c1ccccc1O)C(=O)N[C@H](CO)C(=O)N[C@@H](CO)C(=O)NC1Cc2cc(O)c(O)cc2[N+](C)(C)C1. The molecule has 1 aliphatic heterocycles. The number of carbonyl (C=O) groups excluding carboxylic acids is 5. The van der Waals surface area contributed by atoms with Crippen LogP contribution >= 0.6 is 0 Å². The summed E-state index contributed by atoms with van der Waals surface area (Å²) < 4.78 is 0.219. The number of hydrogen-bond acceptors (Lipinski definition) is 14. The number of amides is 5.